The van der Waals surface area contributed by atoms with Gasteiger partial charge in [-0.15, -0.1) is 0 Å². The number of methoxy groups -OCH3 is 1. The minimum Gasteiger partial charge on any atom is -0.465 e. The van der Waals surface area contributed by atoms with Gasteiger partial charge in [0.05, 0.1) is 23.3 Å². The molecule has 0 atom stereocenters. The molecule has 1 saturated heterocycles. The summed E-state index contributed by atoms with van der Waals surface area (Å²) >= 11 is 0. The maximum Gasteiger partial charge on any atom is 0.340 e. The minimum atomic E-state index is -4.03. The zero-order valence-electron chi connectivity index (χ0n) is 16.3. The van der Waals surface area contributed by atoms with Gasteiger partial charge in [0.25, 0.3) is 15.9 Å². The van der Waals surface area contributed by atoms with Crippen LogP contribution in [0.1, 0.15) is 20.9 Å². The largest absolute Gasteiger partial charge is 0.465 e. The molecule has 0 saturated carbocycles. The van der Waals surface area contributed by atoms with E-state index in [4.69, 9.17) is 20.0 Å². The fraction of sp³-hybridized carbons (Fsp3) is 0.294. The van der Waals surface area contributed by atoms with E-state index in [2.05, 4.69) is 0 Å². The predicted octanol–water partition coefficient (Wildman–Crippen LogP) is -0.677. The molecule has 1 aliphatic rings. The summed E-state index contributed by atoms with van der Waals surface area (Å²) in [6.07, 6.45) is 0. The lowest BCUT2D eigenvalue weighted by molar-refractivity contribution is 0.0600. The maximum atomic E-state index is 12.7. The smallest absolute Gasteiger partial charge is 0.340 e. The molecule has 3 rings (SSSR count). The number of hydrogen-bond acceptors (Lipinski definition) is 9. The van der Waals surface area contributed by atoms with Gasteiger partial charge in [0.15, 0.2) is 5.76 Å². The summed E-state index contributed by atoms with van der Waals surface area (Å²) in [6, 6.07) is 6.13. The van der Waals surface area contributed by atoms with Crippen molar-refractivity contribution >= 4 is 37.6 Å². The zero-order valence-corrected chi connectivity index (χ0v) is 18.0. The van der Waals surface area contributed by atoms with E-state index in [0.29, 0.717) is 5.69 Å². The molecule has 0 bridgehead atoms. The molecular formula is C17H20N4O8S2. The van der Waals surface area contributed by atoms with Crippen LogP contribution in [0.15, 0.2) is 44.7 Å². The van der Waals surface area contributed by atoms with Gasteiger partial charge in [-0.1, -0.05) is 0 Å². The van der Waals surface area contributed by atoms with Gasteiger partial charge in [-0.3, -0.25) is 4.79 Å². The number of nitrogens with zero attached hydrogens (tertiary/aromatic N) is 2. The Hall–Kier alpha value is -2.94. The summed E-state index contributed by atoms with van der Waals surface area (Å²) in [4.78, 5) is 24.8. The molecule has 2 aromatic rings. The van der Waals surface area contributed by atoms with Crippen LogP contribution in [0, 0.1) is 0 Å². The van der Waals surface area contributed by atoms with E-state index in [9.17, 15) is 26.4 Å². The lowest BCUT2D eigenvalue weighted by atomic mass is 10.1. The van der Waals surface area contributed by atoms with Gasteiger partial charge in [0.1, 0.15) is 0 Å². The van der Waals surface area contributed by atoms with Gasteiger partial charge < -0.3 is 19.8 Å². The highest BCUT2D eigenvalue weighted by molar-refractivity contribution is 7.89. The molecule has 1 aromatic heterocycles. The third-order valence-corrected chi connectivity index (χ3v) is 7.38. The Morgan fingerprint density at radius 1 is 1.03 bits per heavy atom. The number of benzene rings is 1. The van der Waals surface area contributed by atoms with E-state index in [-0.39, 0.29) is 42.4 Å². The molecule has 0 radical (unpaired) electrons. The number of amides is 1. The van der Waals surface area contributed by atoms with Crippen molar-refractivity contribution in [2.45, 2.75) is 9.99 Å². The van der Waals surface area contributed by atoms with E-state index < -0.39 is 37.0 Å². The second-order valence-electron chi connectivity index (χ2n) is 6.59. The lowest BCUT2D eigenvalue weighted by Crippen LogP contribution is -2.49. The molecular weight excluding hydrogens is 452 g/mol. The van der Waals surface area contributed by atoms with E-state index >= 15 is 0 Å². The summed E-state index contributed by atoms with van der Waals surface area (Å²) in [6.45, 7) is 0.488. The Labute approximate surface area is 178 Å². The normalized spacial score (nSPS) is 15.6. The van der Waals surface area contributed by atoms with Gasteiger partial charge in [-0.25, -0.2) is 26.8 Å². The van der Waals surface area contributed by atoms with E-state index in [1.54, 1.807) is 4.90 Å². The number of furan rings is 1. The van der Waals surface area contributed by atoms with Crippen molar-refractivity contribution in [2.24, 2.45) is 10.9 Å². The van der Waals surface area contributed by atoms with Crippen LogP contribution in [0.3, 0.4) is 0 Å². The first kappa shape index (κ1) is 22.7. The van der Waals surface area contributed by atoms with Gasteiger partial charge in [-0.05, 0) is 30.3 Å². The molecule has 0 aliphatic carbocycles. The summed E-state index contributed by atoms with van der Waals surface area (Å²) in [5.41, 5.74) is 5.46. The molecule has 0 unspecified atom stereocenters. The number of primary amides is 1. The summed E-state index contributed by atoms with van der Waals surface area (Å²) < 4.78 is 59.7. The lowest BCUT2D eigenvalue weighted by Gasteiger charge is -2.35. The predicted molar refractivity (Wildman–Crippen MR) is 107 cm³/mol. The summed E-state index contributed by atoms with van der Waals surface area (Å²) in [7, 11) is -6.87. The first-order valence-electron chi connectivity index (χ1n) is 8.85. The number of piperazine rings is 1. The highest BCUT2D eigenvalue weighted by Gasteiger charge is 2.32. The number of carbonyl (C=O) groups excluding carboxylic acids is 2. The van der Waals surface area contributed by atoms with Crippen molar-refractivity contribution in [3.63, 3.8) is 0 Å². The molecule has 1 fully saturated rings. The third-order valence-electron chi connectivity index (χ3n) is 4.70. The number of sulfonamides is 2. The van der Waals surface area contributed by atoms with Crippen LogP contribution in [0.4, 0.5) is 5.69 Å². The average Bonchev–Trinajstić information content (AvgIpc) is 3.24. The molecule has 12 nitrogen and oxygen atoms in total. The summed E-state index contributed by atoms with van der Waals surface area (Å²) in [5.74, 6) is -1.91. The first-order chi connectivity index (χ1) is 14.4. The molecule has 168 valence electrons. The Morgan fingerprint density at radius 2 is 1.68 bits per heavy atom. The van der Waals surface area contributed by atoms with Gasteiger partial charge >= 0.3 is 5.97 Å². The molecule has 0 spiro atoms. The van der Waals surface area contributed by atoms with Crippen LogP contribution in [0.2, 0.25) is 0 Å². The van der Waals surface area contributed by atoms with E-state index in [0.717, 1.165) is 19.2 Å². The molecule has 2 heterocycles. The van der Waals surface area contributed by atoms with Gasteiger partial charge in [0.2, 0.25) is 15.1 Å². The van der Waals surface area contributed by atoms with Gasteiger partial charge in [-0.2, -0.15) is 4.31 Å². The second-order valence-corrected chi connectivity index (χ2v) is 10.0. The number of anilines is 1. The fourth-order valence-electron chi connectivity index (χ4n) is 3.13. The molecule has 1 aromatic carbocycles. The van der Waals surface area contributed by atoms with Crippen molar-refractivity contribution in [3.8, 4) is 0 Å². The van der Waals surface area contributed by atoms with Crippen LogP contribution in [0.5, 0.6) is 0 Å². The fourth-order valence-corrected chi connectivity index (χ4v) is 5.00. The summed E-state index contributed by atoms with van der Waals surface area (Å²) in [5, 5.41) is 4.73. The quantitative estimate of drug-likeness (QED) is 0.514. The van der Waals surface area contributed by atoms with E-state index in [1.165, 1.54) is 22.5 Å². The Bertz CT molecular complexity index is 1230. The number of primary sulfonamides is 1. The van der Waals surface area contributed by atoms with Crippen molar-refractivity contribution in [1.82, 2.24) is 4.31 Å². The highest BCUT2D eigenvalue weighted by Crippen LogP contribution is 2.27. The Balaban J connectivity index is 1.83. The van der Waals surface area contributed by atoms with Crippen LogP contribution in [-0.2, 0) is 24.8 Å². The van der Waals surface area contributed by atoms with Crippen LogP contribution >= 0.6 is 0 Å². The standard InChI is InChI=1S/C17H20N4O8S2/c1-28-17(23)12-10-11(30(19,24)25)2-3-13(12)20-6-8-21(9-7-20)31(26,27)15-5-4-14(29-15)16(18)22/h2-5,10H,6-9H2,1H3,(H2,18,22)(H2,19,24,25). The monoisotopic (exact) mass is 472 g/mol. The van der Waals surface area contributed by atoms with Crippen LogP contribution in [-0.4, -0.2) is 66.3 Å². The van der Waals surface area contributed by atoms with E-state index in [1.807, 2.05) is 0 Å². The number of hydrogen-bond donors (Lipinski definition) is 2. The second kappa shape index (κ2) is 8.30. The van der Waals surface area contributed by atoms with Crippen LogP contribution in [0.25, 0.3) is 0 Å². The van der Waals surface area contributed by atoms with Crippen molar-refractivity contribution in [1.29, 1.82) is 0 Å². The molecule has 1 aliphatic heterocycles. The van der Waals surface area contributed by atoms with Crippen molar-refractivity contribution < 1.29 is 35.6 Å². The number of ether oxygens (including phenoxy) is 1. The van der Waals surface area contributed by atoms with Gasteiger partial charge in [0, 0.05) is 26.2 Å². The Kier molecular flexibility index (Phi) is 6.09. The molecule has 14 heteroatoms. The van der Waals surface area contributed by atoms with Crippen molar-refractivity contribution in [2.75, 3.05) is 38.2 Å². The maximum absolute atomic E-state index is 12.7. The van der Waals surface area contributed by atoms with Crippen molar-refractivity contribution in [3.05, 3.63) is 41.7 Å². The molecule has 4 N–H and O–H groups in total. The Morgan fingerprint density at radius 3 is 2.19 bits per heavy atom. The van der Waals surface area contributed by atoms with Crippen LogP contribution < -0.4 is 15.8 Å². The minimum absolute atomic E-state index is 0.0116. The third kappa shape index (κ3) is 4.56. The first-order valence-corrected chi connectivity index (χ1v) is 11.8. The number of esters is 1. The number of rotatable bonds is 6. The number of nitrogens with two attached hydrogens (primary N) is 2. The highest BCUT2D eigenvalue weighted by atomic mass is 32.2. The number of carbonyl (C=O) groups is 2. The molecule has 1 amide bonds. The SMILES string of the molecule is COC(=O)c1cc(S(N)(=O)=O)ccc1N1CCN(S(=O)(=O)c2ccc(C(N)=O)o2)CC1. The molecule has 31 heavy (non-hydrogen) atoms. The topological polar surface area (TPSA) is 183 Å². The zero-order chi connectivity index (χ0) is 23.0. The average molecular weight is 473 g/mol.